The molecule has 0 aromatic rings. The molecule has 0 atom stereocenters. The van der Waals surface area contributed by atoms with Crippen molar-refractivity contribution in [2.45, 2.75) is 40.5 Å². The highest BCUT2D eigenvalue weighted by Crippen LogP contribution is 1.76. The van der Waals surface area contributed by atoms with Crippen molar-refractivity contribution in [2.75, 3.05) is 20.6 Å². The summed E-state index contributed by atoms with van der Waals surface area (Å²) in [7, 11) is 4.17. The van der Waals surface area contributed by atoms with Gasteiger partial charge < -0.3 is 4.90 Å². The van der Waals surface area contributed by atoms with Crippen molar-refractivity contribution < 1.29 is 0 Å². The van der Waals surface area contributed by atoms with Crippen LogP contribution in [-0.4, -0.2) is 25.5 Å². The molecule has 0 aliphatic heterocycles. The highest BCUT2D eigenvalue weighted by atomic mass is 15.0. The Morgan fingerprint density at radius 3 is 1.50 bits per heavy atom. The molecule has 0 aromatic heterocycles. The zero-order chi connectivity index (χ0) is 10.4. The summed E-state index contributed by atoms with van der Waals surface area (Å²) in [5.74, 6) is 0. The molecular formula is C11H27N. The van der Waals surface area contributed by atoms with E-state index in [0.29, 0.717) is 0 Å². The van der Waals surface area contributed by atoms with Gasteiger partial charge in [-0.25, -0.2) is 0 Å². The van der Waals surface area contributed by atoms with Crippen LogP contribution in [0.5, 0.6) is 0 Å². The quantitative estimate of drug-likeness (QED) is 0.590. The zero-order valence-electron chi connectivity index (χ0n) is 9.85. The highest BCUT2D eigenvalue weighted by Gasteiger charge is 1.79. The van der Waals surface area contributed by atoms with Crippen molar-refractivity contribution in [3.8, 4) is 0 Å². The van der Waals surface area contributed by atoms with E-state index in [2.05, 4.69) is 39.4 Å². The van der Waals surface area contributed by atoms with E-state index in [-0.39, 0.29) is 0 Å². The normalized spacial score (nSPS) is 7.58. The van der Waals surface area contributed by atoms with E-state index in [0.717, 1.165) is 6.42 Å². The van der Waals surface area contributed by atoms with Crippen LogP contribution >= 0.6 is 0 Å². The standard InChI is InChI=1S/C5H13N.C4H8.C2H6/c1-4-5-6(2)3;1-3-4-2;1-2/h4-5H2,1-3H3;3H,1,4H2,2H3;1-2H3. The van der Waals surface area contributed by atoms with Crippen LogP contribution in [-0.2, 0) is 0 Å². The Bertz CT molecular complexity index is 58.0. The fourth-order valence-electron chi connectivity index (χ4n) is 0.447. The van der Waals surface area contributed by atoms with E-state index in [1.807, 2.05) is 19.9 Å². The van der Waals surface area contributed by atoms with Crippen LogP contribution in [0.15, 0.2) is 12.7 Å². The van der Waals surface area contributed by atoms with Crippen LogP contribution in [0.2, 0.25) is 0 Å². The van der Waals surface area contributed by atoms with Gasteiger partial charge in [0.05, 0.1) is 0 Å². The van der Waals surface area contributed by atoms with Crippen molar-refractivity contribution in [1.82, 2.24) is 4.90 Å². The Balaban J connectivity index is -0.000000118. The molecule has 12 heavy (non-hydrogen) atoms. The van der Waals surface area contributed by atoms with E-state index >= 15 is 0 Å². The molecule has 0 rings (SSSR count). The molecule has 76 valence electrons. The van der Waals surface area contributed by atoms with E-state index in [1.54, 1.807) is 0 Å². The van der Waals surface area contributed by atoms with Crippen LogP contribution in [0.25, 0.3) is 0 Å². The molecule has 0 N–H and O–H groups in total. The largest absolute Gasteiger partial charge is 0.309 e. The van der Waals surface area contributed by atoms with Gasteiger partial charge in [0.2, 0.25) is 0 Å². The Hall–Kier alpha value is -0.300. The Morgan fingerprint density at radius 1 is 1.17 bits per heavy atom. The molecule has 0 aliphatic rings. The minimum atomic E-state index is 1.08. The molecule has 0 fully saturated rings. The molecule has 0 saturated heterocycles. The molecule has 1 heteroatoms. The average Bonchev–Trinajstić information content (AvgIpc) is 2.08. The second kappa shape index (κ2) is 22.4. The lowest BCUT2D eigenvalue weighted by Gasteiger charge is -2.03. The third-order valence-corrected chi connectivity index (χ3v) is 0.959. The smallest absolute Gasteiger partial charge is 0.00275 e. The van der Waals surface area contributed by atoms with Crippen molar-refractivity contribution in [3.63, 3.8) is 0 Å². The van der Waals surface area contributed by atoms with Crippen molar-refractivity contribution in [1.29, 1.82) is 0 Å². The summed E-state index contributed by atoms with van der Waals surface area (Å²) in [5.41, 5.74) is 0. The third kappa shape index (κ3) is 53.6. The summed E-state index contributed by atoms with van der Waals surface area (Å²) in [6, 6.07) is 0. The van der Waals surface area contributed by atoms with E-state index in [4.69, 9.17) is 0 Å². The third-order valence-electron chi connectivity index (χ3n) is 0.959. The fourth-order valence-corrected chi connectivity index (χ4v) is 0.447. The topological polar surface area (TPSA) is 3.24 Å². The maximum absolute atomic E-state index is 3.48. The van der Waals surface area contributed by atoms with Gasteiger partial charge in [0, 0.05) is 0 Å². The van der Waals surface area contributed by atoms with Crippen LogP contribution in [0.1, 0.15) is 40.5 Å². The second-order valence-corrected chi connectivity index (χ2v) is 2.50. The molecule has 1 nitrogen and oxygen atoms in total. The first-order chi connectivity index (χ1) is 5.68. The summed E-state index contributed by atoms with van der Waals surface area (Å²) < 4.78 is 0. The van der Waals surface area contributed by atoms with Gasteiger partial charge in [0.1, 0.15) is 0 Å². The van der Waals surface area contributed by atoms with Gasteiger partial charge in [-0.2, -0.15) is 0 Å². The molecule has 0 spiro atoms. The lowest BCUT2D eigenvalue weighted by atomic mass is 10.5. The predicted molar refractivity (Wildman–Crippen MR) is 60.7 cm³/mol. The lowest BCUT2D eigenvalue weighted by Crippen LogP contribution is -2.11. The molecule has 0 unspecified atom stereocenters. The van der Waals surface area contributed by atoms with E-state index < -0.39 is 0 Å². The van der Waals surface area contributed by atoms with Gasteiger partial charge in [-0.05, 0) is 33.5 Å². The monoisotopic (exact) mass is 173 g/mol. The Kier molecular flexibility index (Phi) is 33.1. The first-order valence-corrected chi connectivity index (χ1v) is 4.94. The summed E-state index contributed by atoms with van der Waals surface area (Å²) >= 11 is 0. The van der Waals surface area contributed by atoms with Crippen molar-refractivity contribution >= 4 is 0 Å². The summed E-state index contributed by atoms with van der Waals surface area (Å²) in [6.07, 6.45) is 4.22. The maximum Gasteiger partial charge on any atom is -0.00275 e. The number of allylic oxidation sites excluding steroid dienone is 1. The van der Waals surface area contributed by atoms with E-state index in [9.17, 15) is 0 Å². The maximum atomic E-state index is 3.48. The second-order valence-electron chi connectivity index (χ2n) is 2.50. The first kappa shape index (κ1) is 17.7. The predicted octanol–water partition coefficient (Wildman–Crippen LogP) is 3.57. The minimum Gasteiger partial charge on any atom is -0.309 e. The van der Waals surface area contributed by atoms with Gasteiger partial charge in [0.15, 0.2) is 0 Å². The lowest BCUT2D eigenvalue weighted by molar-refractivity contribution is 0.408. The molecule has 0 amide bonds. The summed E-state index contributed by atoms with van der Waals surface area (Å²) in [4.78, 5) is 2.18. The minimum absolute atomic E-state index is 1.08. The number of hydrogen-bond donors (Lipinski definition) is 0. The van der Waals surface area contributed by atoms with Gasteiger partial charge in [-0.3, -0.25) is 0 Å². The average molecular weight is 173 g/mol. The Labute approximate surface area is 79.5 Å². The number of hydrogen-bond acceptors (Lipinski definition) is 1. The molecule has 0 radical (unpaired) electrons. The van der Waals surface area contributed by atoms with E-state index in [1.165, 1.54) is 13.0 Å². The van der Waals surface area contributed by atoms with Crippen molar-refractivity contribution in [3.05, 3.63) is 12.7 Å². The highest BCUT2D eigenvalue weighted by molar-refractivity contribution is 4.60. The molecule has 0 saturated carbocycles. The summed E-state index contributed by atoms with van der Waals surface area (Å²) in [5, 5.41) is 0. The molecule has 0 aromatic carbocycles. The molecule has 0 bridgehead atoms. The van der Waals surface area contributed by atoms with Crippen LogP contribution < -0.4 is 0 Å². The number of rotatable bonds is 3. The van der Waals surface area contributed by atoms with Gasteiger partial charge >= 0.3 is 0 Å². The molecule has 0 heterocycles. The first-order valence-electron chi connectivity index (χ1n) is 4.94. The zero-order valence-corrected chi connectivity index (χ0v) is 9.85. The number of nitrogens with zero attached hydrogens (tertiary/aromatic N) is 1. The van der Waals surface area contributed by atoms with Crippen molar-refractivity contribution in [2.24, 2.45) is 0 Å². The van der Waals surface area contributed by atoms with Gasteiger partial charge in [-0.15, -0.1) is 6.58 Å². The SMILES string of the molecule is C=CCC.CC.CCCN(C)C. The van der Waals surface area contributed by atoms with Crippen LogP contribution in [0, 0.1) is 0 Å². The van der Waals surface area contributed by atoms with Crippen LogP contribution in [0.4, 0.5) is 0 Å². The van der Waals surface area contributed by atoms with Crippen LogP contribution in [0.3, 0.4) is 0 Å². The van der Waals surface area contributed by atoms with Gasteiger partial charge in [-0.1, -0.05) is 33.8 Å². The molecule has 0 aliphatic carbocycles. The van der Waals surface area contributed by atoms with Gasteiger partial charge in [0.25, 0.3) is 0 Å². The fraction of sp³-hybridized carbons (Fsp3) is 0.818. The molecular weight excluding hydrogens is 146 g/mol. The Morgan fingerprint density at radius 2 is 1.50 bits per heavy atom. The summed E-state index contributed by atoms with van der Waals surface area (Å²) in [6.45, 7) is 12.9.